The average molecular weight is 257 g/mol. The van der Waals surface area contributed by atoms with Crippen LogP contribution in [0.4, 0.5) is 5.69 Å². The van der Waals surface area contributed by atoms with Crippen molar-refractivity contribution in [2.24, 2.45) is 0 Å². The van der Waals surface area contributed by atoms with Gasteiger partial charge in [-0.3, -0.25) is 4.79 Å². The average Bonchev–Trinajstić information content (AvgIpc) is 2.83. The van der Waals surface area contributed by atoms with Gasteiger partial charge in [0.1, 0.15) is 11.5 Å². The molecule has 0 saturated carbocycles. The van der Waals surface area contributed by atoms with Gasteiger partial charge in [-0.2, -0.15) is 0 Å². The molecule has 2 rings (SSSR count). The minimum absolute atomic E-state index is 0.114. The Bertz CT molecular complexity index is 599. The third kappa shape index (κ3) is 3.56. The molecular weight excluding hydrogens is 242 g/mol. The van der Waals surface area contributed by atoms with Crippen molar-refractivity contribution in [3.63, 3.8) is 0 Å². The Balaban J connectivity index is 2.03. The van der Waals surface area contributed by atoms with Gasteiger partial charge in [-0.05, 0) is 31.2 Å². The van der Waals surface area contributed by atoms with Gasteiger partial charge in [0.2, 0.25) is 5.91 Å². The highest BCUT2D eigenvalue weighted by Gasteiger charge is 2.03. The third-order valence-electron chi connectivity index (χ3n) is 2.61. The number of furan rings is 1. The van der Waals surface area contributed by atoms with Crippen LogP contribution in [0.2, 0.25) is 0 Å². The first-order valence-corrected chi connectivity index (χ1v) is 5.93. The Hall–Kier alpha value is -2.33. The van der Waals surface area contributed by atoms with E-state index < -0.39 is 0 Å². The molecule has 0 aliphatic carbocycles. The molecule has 0 aliphatic rings. The molecule has 0 saturated heterocycles. The Morgan fingerprint density at radius 1 is 1.32 bits per heavy atom. The summed E-state index contributed by atoms with van der Waals surface area (Å²) in [4.78, 5) is 11.7. The Labute approximate surface area is 111 Å². The largest absolute Gasteiger partial charge is 0.462 e. The van der Waals surface area contributed by atoms with E-state index in [-0.39, 0.29) is 12.5 Å². The molecule has 1 heterocycles. The number of anilines is 1. The summed E-state index contributed by atoms with van der Waals surface area (Å²) in [5, 5.41) is 11.9. The van der Waals surface area contributed by atoms with Crippen LogP contribution in [0.15, 0.2) is 46.9 Å². The van der Waals surface area contributed by atoms with Crippen molar-refractivity contribution in [3.8, 4) is 0 Å². The van der Waals surface area contributed by atoms with Crippen LogP contribution in [0.1, 0.15) is 17.1 Å². The van der Waals surface area contributed by atoms with Crippen molar-refractivity contribution in [2.75, 3.05) is 5.32 Å². The summed E-state index contributed by atoms with van der Waals surface area (Å²) in [7, 11) is 0. The molecule has 0 fully saturated rings. The molecule has 1 aromatic heterocycles. The maximum atomic E-state index is 11.7. The van der Waals surface area contributed by atoms with Crippen LogP contribution in [-0.2, 0) is 11.4 Å². The van der Waals surface area contributed by atoms with Crippen molar-refractivity contribution in [1.82, 2.24) is 0 Å². The highest BCUT2D eigenvalue weighted by atomic mass is 16.3. The van der Waals surface area contributed by atoms with E-state index in [4.69, 9.17) is 9.52 Å². The molecule has 0 unspecified atom stereocenters. The Morgan fingerprint density at radius 3 is 2.79 bits per heavy atom. The topological polar surface area (TPSA) is 62.5 Å². The lowest BCUT2D eigenvalue weighted by atomic mass is 10.2. The zero-order valence-electron chi connectivity index (χ0n) is 10.6. The van der Waals surface area contributed by atoms with E-state index in [1.54, 1.807) is 30.3 Å². The molecule has 19 heavy (non-hydrogen) atoms. The fraction of sp³-hybridized carbons (Fsp3) is 0.133. The third-order valence-corrected chi connectivity index (χ3v) is 2.61. The molecule has 0 radical (unpaired) electrons. The Kier molecular flexibility index (Phi) is 4.15. The number of benzene rings is 1. The number of carbonyl (C=O) groups is 1. The van der Waals surface area contributed by atoms with Crippen LogP contribution >= 0.6 is 0 Å². The standard InChI is InChI=1S/C15H15NO3/c1-11-6-7-13(19-11)8-9-15(18)16-14-5-3-2-4-12(14)10-17/h2-9,17H,10H2,1H3,(H,16,18)/b9-8+. The number of hydrogen-bond acceptors (Lipinski definition) is 3. The smallest absolute Gasteiger partial charge is 0.248 e. The first-order valence-electron chi connectivity index (χ1n) is 5.93. The number of aryl methyl sites for hydroxylation is 1. The summed E-state index contributed by atoms with van der Waals surface area (Å²) >= 11 is 0. The number of hydrogen-bond donors (Lipinski definition) is 2. The minimum atomic E-state index is -0.269. The lowest BCUT2D eigenvalue weighted by molar-refractivity contribution is -0.111. The highest BCUT2D eigenvalue weighted by molar-refractivity contribution is 6.02. The summed E-state index contributed by atoms with van der Waals surface area (Å²) in [6.07, 6.45) is 3.00. The van der Waals surface area contributed by atoms with Crippen molar-refractivity contribution in [1.29, 1.82) is 0 Å². The van der Waals surface area contributed by atoms with Crippen LogP contribution in [0.25, 0.3) is 6.08 Å². The lowest BCUT2D eigenvalue weighted by Gasteiger charge is -2.06. The number of aliphatic hydroxyl groups excluding tert-OH is 1. The van der Waals surface area contributed by atoms with Crippen molar-refractivity contribution in [2.45, 2.75) is 13.5 Å². The van der Waals surface area contributed by atoms with Gasteiger partial charge in [-0.15, -0.1) is 0 Å². The van der Waals surface area contributed by atoms with Crippen LogP contribution in [0.3, 0.4) is 0 Å². The summed E-state index contributed by atoms with van der Waals surface area (Å²) < 4.78 is 5.32. The van der Waals surface area contributed by atoms with Gasteiger partial charge in [0.05, 0.1) is 6.61 Å². The molecule has 0 bridgehead atoms. The van der Waals surface area contributed by atoms with E-state index in [0.717, 1.165) is 5.76 Å². The fourth-order valence-electron chi connectivity index (χ4n) is 1.66. The molecule has 2 N–H and O–H groups in total. The van der Waals surface area contributed by atoms with Gasteiger partial charge < -0.3 is 14.8 Å². The molecule has 1 amide bonds. The zero-order chi connectivity index (χ0) is 13.7. The lowest BCUT2D eigenvalue weighted by Crippen LogP contribution is -2.09. The van der Waals surface area contributed by atoms with E-state index in [9.17, 15) is 4.79 Å². The van der Waals surface area contributed by atoms with E-state index in [0.29, 0.717) is 17.0 Å². The fourth-order valence-corrected chi connectivity index (χ4v) is 1.66. The maximum absolute atomic E-state index is 11.7. The van der Waals surface area contributed by atoms with Gasteiger partial charge in [0, 0.05) is 17.3 Å². The molecule has 0 aliphatic heterocycles. The molecule has 0 atom stereocenters. The van der Waals surface area contributed by atoms with Gasteiger partial charge >= 0.3 is 0 Å². The highest BCUT2D eigenvalue weighted by Crippen LogP contribution is 2.15. The monoisotopic (exact) mass is 257 g/mol. The second-order valence-corrected chi connectivity index (χ2v) is 4.09. The molecule has 2 aromatic rings. The van der Waals surface area contributed by atoms with Crippen LogP contribution in [-0.4, -0.2) is 11.0 Å². The van der Waals surface area contributed by atoms with E-state index >= 15 is 0 Å². The molecule has 0 spiro atoms. The summed E-state index contributed by atoms with van der Waals surface area (Å²) in [5.74, 6) is 1.16. The quantitative estimate of drug-likeness (QED) is 0.828. The first kappa shape index (κ1) is 13.1. The number of amides is 1. The van der Waals surface area contributed by atoms with Gasteiger partial charge in [0.25, 0.3) is 0 Å². The first-order chi connectivity index (χ1) is 9.19. The molecule has 98 valence electrons. The van der Waals surface area contributed by atoms with Crippen molar-refractivity contribution in [3.05, 3.63) is 59.6 Å². The van der Waals surface area contributed by atoms with Gasteiger partial charge in [0.15, 0.2) is 0 Å². The van der Waals surface area contributed by atoms with Gasteiger partial charge in [-0.25, -0.2) is 0 Å². The summed E-state index contributed by atoms with van der Waals surface area (Å²) in [6, 6.07) is 10.7. The van der Waals surface area contributed by atoms with E-state index in [1.807, 2.05) is 19.1 Å². The van der Waals surface area contributed by atoms with Crippen molar-refractivity contribution >= 4 is 17.7 Å². The minimum Gasteiger partial charge on any atom is -0.462 e. The zero-order valence-corrected chi connectivity index (χ0v) is 10.6. The Morgan fingerprint density at radius 2 is 2.11 bits per heavy atom. The number of para-hydroxylation sites is 1. The van der Waals surface area contributed by atoms with Crippen LogP contribution in [0.5, 0.6) is 0 Å². The summed E-state index contributed by atoms with van der Waals surface area (Å²) in [5.41, 5.74) is 1.29. The number of rotatable bonds is 4. The molecule has 4 nitrogen and oxygen atoms in total. The maximum Gasteiger partial charge on any atom is 0.248 e. The summed E-state index contributed by atoms with van der Waals surface area (Å²) in [6.45, 7) is 1.73. The molecular formula is C15H15NO3. The van der Waals surface area contributed by atoms with Crippen LogP contribution in [0, 0.1) is 6.92 Å². The van der Waals surface area contributed by atoms with Crippen LogP contribution < -0.4 is 5.32 Å². The predicted octanol–water partition coefficient (Wildman–Crippen LogP) is 2.73. The predicted molar refractivity (Wildman–Crippen MR) is 73.5 cm³/mol. The SMILES string of the molecule is Cc1ccc(/C=C/C(=O)Nc2ccccc2CO)o1. The number of carbonyl (C=O) groups excluding carboxylic acids is 1. The van der Waals surface area contributed by atoms with Gasteiger partial charge in [-0.1, -0.05) is 18.2 Å². The number of aliphatic hydroxyl groups is 1. The second-order valence-electron chi connectivity index (χ2n) is 4.09. The normalized spacial score (nSPS) is 10.8. The second kappa shape index (κ2) is 6.02. The van der Waals surface area contributed by atoms with Crippen molar-refractivity contribution < 1.29 is 14.3 Å². The van der Waals surface area contributed by atoms with E-state index in [1.165, 1.54) is 6.08 Å². The molecule has 1 aromatic carbocycles. The number of nitrogens with one attached hydrogen (secondary N) is 1. The van der Waals surface area contributed by atoms with E-state index in [2.05, 4.69) is 5.32 Å². The molecule has 4 heteroatoms.